The minimum absolute atomic E-state index is 0.0247. The van der Waals surface area contributed by atoms with Crippen molar-refractivity contribution in [3.63, 3.8) is 0 Å². The number of ketones is 1. The Kier molecular flexibility index (Phi) is 4.90. The summed E-state index contributed by atoms with van der Waals surface area (Å²) in [6.07, 6.45) is 5.46. The quantitative estimate of drug-likeness (QED) is 0.850. The minimum Gasteiger partial charge on any atom is -0.302 e. The van der Waals surface area contributed by atoms with Gasteiger partial charge in [0.25, 0.3) is 0 Å². The maximum Gasteiger partial charge on any atom is 0.229 e. The lowest BCUT2D eigenvalue weighted by atomic mass is 9.67. The molecule has 1 N–H and O–H groups in total. The predicted molar refractivity (Wildman–Crippen MR) is 104 cm³/mol. The summed E-state index contributed by atoms with van der Waals surface area (Å²) >= 11 is 1.46. The number of nitrogens with one attached hydrogen (secondary N) is 1. The zero-order chi connectivity index (χ0) is 18.1. The minimum atomic E-state index is -0.0563. The van der Waals surface area contributed by atoms with Crippen molar-refractivity contribution < 1.29 is 9.59 Å². The van der Waals surface area contributed by atoms with E-state index in [4.69, 9.17) is 0 Å². The zero-order valence-corrected chi connectivity index (χ0v) is 15.8. The Labute approximate surface area is 158 Å². The van der Waals surface area contributed by atoms with Gasteiger partial charge < -0.3 is 5.32 Å². The number of amides is 1. The molecule has 2 aliphatic rings. The second-order valence-electron chi connectivity index (χ2n) is 7.47. The second-order valence-corrected chi connectivity index (χ2v) is 8.33. The molecule has 1 amide bonds. The molecular weight excluding hydrogens is 344 g/mol. The Morgan fingerprint density at radius 3 is 2.54 bits per heavy atom. The fourth-order valence-electron chi connectivity index (χ4n) is 4.28. The number of carbonyl (C=O) groups excluding carboxylic acids is 2. The van der Waals surface area contributed by atoms with E-state index in [0.29, 0.717) is 23.8 Å². The van der Waals surface area contributed by atoms with E-state index >= 15 is 0 Å². The molecule has 3 atom stereocenters. The van der Waals surface area contributed by atoms with Crippen molar-refractivity contribution in [3.8, 4) is 11.3 Å². The van der Waals surface area contributed by atoms with Gasteiger partial charge >= 0.3 is 0 Å². The summed E-state index contributed by atoms with van der Waals surface area (Å²) in [5.74, 6) is 0.563. The van der Waals surface area contributed by atoms with Crippen LogP contribution in [-0.2, 0) is 16.0 Å². The van der Waals surface area contributed by atoms with Crippen molar-refractivity contribution in [2.24, 2.45) is 17.8 Å². The number of anilines is 1. The van der Waals surface area contributed by atoms with Crippen LogP contribution in [0.4, 0.5) is 5.13 Å². The fraction of sp³-hybridized carbons (Fsp3) is 0.476. The number of hydrogen-bond donors (Lipinski definition) is 1. The molecule has 2 saturated carbocycles. The molecule has 2 fully saturated rings. The third-order valence-electron chi connectivity index (χ3n) is 5.81. The molecule has 0 aliphatic heterocycles. The molecule has 1 unspecified atom stereocenters. The molecule has 26 heavy (non-hydrogen) atoms. The zero-order valence-electron chi connectivity index (χ0n) is 15.0. The first-order valence-corrected chi connectivity index (χ1v) is 10.4. The third-order valence-corrected chi connectivity index (χ3v) is 6.57. The van der Waals surface area contributed by atoms with Crippen LogP contribution >= 0.6 is 11.3 Å². The second kappa shape index (κ2) is 7.31. The molecule has 0 saturated heterocycles. The van der Waals surface area contributed by atoms with Crippen LogP contribution in [0.15, 0.2) is 29.6 Å². The van der Waals surface area contributed by atoms with Gasteiger partial charge in [0.1, 0.15) is 5.78 Å². The van der Waals surface area contributed by atoms with E-state index in [1.165, 1.54) is 16.9 Å². The molecule has 2 aromatic rings. The molecule has 1 heterocycles. The number of nitrogens with zero attached hydrogens (tertiary/aromatic N) is 1. The fourth-order valence-corrected chi connectivity index (χ4v) is 5.00. The van der Waals surface area contributed by atoms with Gasteiger partial charge in [0.15, 0.2) is 5.13 Å². The van der Waals surface area contributed by atoms with E-state index in [2.05, 4.69) is 41.5 Å². The Morgan fingerprint density at radius 1 is 1.19 bits per heavy atom. The van der Waals surface area contributed by atoms with Crippen molar-refractivity contribution in [2.75, 3.05) is 5.32 Å². The predicted octanol–water partition coefficient (Wildman–Crippen LogP) is 4.71. The van der Waals surface area contributed by atoms with Gasteiger partial charge in [0.05, 0.1) is 5.69 Å². The molecule has 4 nitrogen and oxygen atoms in total. The standard InChI is InChI=1S/C21H24N2O2S/c1-2-13-6-8-14(9-7-13)18-12-26-21(22-18)23-20(25)17-10-15-4-3-5-16(11-17)19(15)24/h6-9,12,15-17H,2-5,10-11H2,1H3,(H,22,23,25)/t15-,16+,17?. The number of thiazole rings is 1. The van der Waals surface area contributed by atoms with Gasteiger partial charge in [0, 0.05) is 28.7 Å². The van der Waals surface area contributed by atoms with E-state index in [9.17, 15) is 9.59 Å². The van der Waals surface area contributed by atoms with Crippen LogP contribution in [0.3, 0.4) is 0 Å². The van der Waals surface area contributed by atoms with Crippen LogP contribution < -0.4 is 5.32 Å². The summed E-state index contributed by atoms with van der Waals surface area (Å²) in [6.45, 7) is 2.14. The van der Waals surface area contributed by atoms with E-state index in [-0.39, 0.29) is 23.7 Å². The van der Waals surface area contributed by atoms with Crippen molar-refractivity contribution in [1.29, 1.82) is 0 Å². The third kappa shape index (κ3) is 3.45. The van der Waals surface area contributed by atoms with Gasteiger partial charge in [-0.1, -0.05) is 37.6 Å². The number of fused-ring (bicyclic) bond motifs is 2. The first-order chi connectivity index (χ1) is 12.6. The first-order valence-electron chi connectivity index (χ1n) is 9.53. The first kappa shape index (κ1) is 17.4. The molecule has 5 heteroatoms. The van der Waals surface area contributed by atoms with Crippen molar-refractivity contribution in [2.45, 2.75) is 45.4 Å². The average Bonchev–Trinajstić information content (AvgIpc) is 3.10. The lowest BCUT2D eigenvalue weighted by Gasteiger charge is -2.36. The summed E-state index contributed by atoms with van der Waals surface area (Å²) < 4.78 is 0. The molecule has 0 spiro atoms. The highest BCUT2D eigenvalue weighted by molar-refractivity contribution is 7.14. The van der Waals surface area contributed by atoms with Gasteiger partial charge in [-0.2, -0.15) is 0 Å². The molecule has 0 radical (unpaired) electrons. The maximum atomic E-state index is 12.7. The number of hydrogen-bond acceptors (Lipinski definition) is 4. The van der Waals surface area contributed by atoms with E-state index in [1.807, 2.05) is 5.38 Å². The molecule has 4 rings (SSSR count). The molecule has 2 aliphatic carbocycles. The number of carbonyl (C=O) groups is 2. The Bertz CT molecular complexity index is 796. The Hall–Kier alpha value is -2.01. The Morgan fingerprint density at radius 2 is 1.88 bits per heavy atom. The van der Waals surface area contributed by atoms with Gasteiger partial charge in [-0.05, 0) is 37.7 Å². The SMILES string of the molecule is CCc1ccc(-c2csc(NC(=O)C3C[C@H]4CCC[C@@H](C3)C4=O)n2)cc1. The number of benzene rings is 1. The van der Waals surface area contributed by atoms with Crippen LogP contribution in [0.5, 0.6) is 0 Å². The molecule has 2 bridgehead atoms. The monoisotopic (exact) mass is 368 g/mol. The number of aryl methyl sites for hydroxylation is 1. The number of Topliss-reactive ketones (excluding diaryl/α,β-unsaturated/α-hetero) is 1. The molecular formula is C21H24N2O2S. The van der Waals surface area contributed by atoms with Crippen LogP contribution in [0.2, 0.25) is 0 Å². The van der Waals surface area contributed by atoms with Gasteiger partial charge in [-0.3, -0.25) is 9.59 Å². The molecule has 1 aromatic heterocycles. The normalized spacial score (nSPS) is 25.1. The maximum absolute atomic E-state index is 12.7. The van der Waals surface area contributed by atoms with Gasteiger partial charge in [0.2, 0.25) is 5.91 Å². The van der Waals surface area contributed by atoms with Crippen molar-refractivity contribution in [1.82, 2.24) is 4.98 Å². The average molecular weight is 369 g/mol. The van der Waals surface area contributed by atoms with Gasteiger partial charge in [-0.15, -0.1) is 11.3 Å². The summed E-state index contributed by atoms with van der Waals surface area (Å²) in [6, 6.07) is 8.39. The Balaban J connectivity index is 1.42. The lowest BCUT2D eigenvalue weighted by Crippen LogP contribution is -2.40. The summed E-state index contributed by atoms with van der Waals surface area (Å²) in [5.41, 5.74) is 3.26. The van der Waals surface area contributed by atoms with Crippen molar-refractivity contribution >= 4 is 28.2 Å². The smallest absolute Gasteiger partial charge is 0.229 e. The molecule has 1 aromatic carbocycles. The summed E-state index contributed by atoms with van der Waals surface area (Å²) in [4.78, 5) is 29.5. The largest absolute Gasteiger partial charge is 0.302 e. The van der Waals surface area contributed by atoms with Crippen molar-refractivity contribution in [3.05, 3.63) is 35.2 Å². The summed E-state index contributed by atoms with van der Waals surface area (Å²) in [5, 5.41) is 5.61. The van der Waals surface area contributed by atoms with E-state index in [1.54, 1.807) is 0 Å². The van der Waals surface area contributed by atoms with E-state index < -0.39 is 0 Å². The van der Waals surface area contributed by atoms with Crippen LogP contribution in [0.1, 0.15) is 44.6 Å². The highest BCUT2D eigenvalue weighted by Gasteiger charge is 2.41. The highest BCUT2D eigenvalue weighted by atomic mass is 32.1. The van der Waals surface area contributed by atoms with E-state index in [0.717, 1.165) is 36.9 Å². The summed E-state index contributed by atoms with van der Waals surface area (Å²) in [7, 11) is 0. The van der Waals surface area contributed by atoms with Crippen LogP contribution in [-0.4, -0.2) is 16.7 Å². The highest BCUT2D eigenvalue weighted by Crippen LogP contribution is 2.40. The van der Waals surface area contributed by atoms with Gasteiger partial charge in [-0.25, -0.2) is 4.98 Å². The van der Waals surface area contributed by atoms with Crippen LogP contribution in [0.25, 0.3) is 11.3 Å². The molecule has 136 valence electrons. The lowest BCUT2D eigenvalue weighted by molar-refractivity contribution is -0.136. The topological polar surface area (TPSA) is 59.1 Å². The van der Waals surface area contributed by atoms with Crippen LogP contribution in [0, 0.1) is 17.8 Å². The number of rotatable bonds is 4. The number of aromatic nitrogens is 1.